The van der Waals surface area contributed by atoms with Gasteiger partial charge in [0.2, 0.25) is 5.91 Å². The fraction of sp³-hybridized carbons (Fsp3) is 0.438. The van der Waals surface area contributed by atoms with E-state index in [1.54, 1.807) is 0 Å². The highest BCUT2D eigenvalue weighted by Crippen LogP contribution is 2.39. The van der Waals surface area contributed by atoms with Gasteiger partial charge in [0, 0.05) is 11.0 Å². The van der Waals surface area contributed by atoms with Crippen LogP contribution in [0.15, 0.2) is 41.4 Å². The van der Waals surface area contributed by atoms with Crippen molar-refractivity contribution in [3.05, 3.63) is 47.0 Å². The van der Waals surface area contributed by atoms with Crippen LogP contribution in [0.3, 0.4) is 0 Å². The maximum atomic E-state index is 12.5. The largest absolute Gasteiger partial charge is 0.356 e. The number of benzene rings is 1. The number of carbonyl (C=O) groups is 1. The molecule has 104 valence electrons. The van der Waals surface area contributed by atoms with Gasteiger partial charge in [0.1, 0.15) is 0 Å². The summed E-state index contributed by atoms with van der Waals surface area (Å²) in [4.78, 5) is 12.5. The lowest BCUT2D eigenvalue weighted by Gasteiger charge is -2.31. The van der Waals surface area contributed by atoms with Crippen LogP contribution in [0.2, 0.25) is 0 Å². The molecule has 1 aromatic rings. The van der Waals surface area contributed by atoms with Crippen LogP contribution in [0, 0.1) is 5.41 Å². The highest BCUT2D eigenvalue weighted by molar-refractivity contribution is 9.10. The monoisotopic (exact) mass is 323 g/mol. The van der Waals surface area contributed by atoms with Crippen molar-refractivity contribution >= 4 is 21.8 Å². The number of rotatable bonds is 6. The smallest absolute Gasteiger partial charge is 0.228 e. The summed E-state index contributed by atoms with van der Waals surface area (Å²) in [5.41, 5.74) is 0.697. The van der Waals surface area contributed by atoms with Gasteiger partial charge in [-0.3, -0.25) is 4.79 Å². The van der Waals surface area contributed by atoms with E-state index in [1.165, 1.54) is 0 Å². The van der Waals surface area contributed by atoms with Gasteiger partial charge >= 0.3 is 0 Å². The molecule has 1 rings (SSSR count). The van der Waals surface area contributed by atoms with Crippen molar-refractivity contribution in [3.63, 3.8) is 0 Å². The first-order valence-electron chi connectivity index (χ1n) is 6.59. The normalized spacial score (nSPS) is 12.8. The Labute approximate surface area is 124 Å². The van der Waals surface area contributed by atoms with E-state index in [4.69, 9.17) is 0 Å². The van der Waals surface area contributed by atoms with Crippen LogP contribution in [0.5, 0.6) is 0 Å². The van der Waals surface area contributed by atoms with Gasteiger partial charge in [-0.2, -0.15) is 0 Å². The minimum atomic E-state index is -0.304. The summed E-state index contributed by atoms with van der Waals surface area (Å²) in [5, 5.41) is 2.99. The highest BCUT2D eigenvalue weighted by Gasteiger charge is 2.35. The van der Waals surface area contributed by atoms with E-state index in [1.807, 2.05) is 51.1 Å². The van der Waals surface area contributed by atoms with Crippen molar-refractivity contribution in [1.29, 1.82) is 0 Å². The molecule has 0 spiro atoms. The minimum absolute atomic E-state index is 0.0543. The molecule has 1 amide bonds. The zero-order valence-electron chi connectivity index (χ0n) is 11.9. The molecule has 0 fully saturated rings. The molecule has 1 N–H and O–H groups in total. The van der Waals surface area contributed by atoms with Gasteiger partial charge in [-0.25, -0.2) is 0 Å². The third-order valence-corrected chi connectivity index (χ3v) is 4.02. The Morgan fingerprint density at radius 3 is 2.63 bits per heavy atom. The van der Waals surface area contributed by atoms with Gasteiger partial charge in [-0.05, 0) is 23.5 Å². The number of allylic oxidation sites excluding steroid dienone is 1. The van der Waals surface area contributed by atoms with Crippen molar-refractivity contribution in [2.75, 3.05) is 6.54 Å². The molecule has 0 radical (unpaired) electrons. The van der Waals surface area contributed by atoms with Gasteiger partial charge in [0.25, 0.3) is 0 Å². The molecular formula is C16H22BrNO. The lowest BCUT2D eigenvalue weighted by Crippen LogP contribution is -2.37. The Morgan fingerprint density at radius 2 is 2.11 bits per heavy atom. The molecule has 2 nitrogen and oxygen atoms in total. The number of carbonyl (C=O) groups excluding carboxylic acids is 1. The van der Waals surface area contributed by atoms with Crippen molar-refractivity contribution in [2.45, 2.75) is 33.1 Å². The van der Waals surface area contributed by atoms with Crippen molar-refractivity contribution < 1.29 is 4.79 Å². The predicted molar refractivity (Wildman–Crippen MR) is 84.2 cm³/mol. The zero-order chi connectivity index (χ0) is 14.5. The standard InChI is InChI=1S/C16H22BrNO/c1-5-11-18-15(19)14(16(3,4)6-2)12-9-7-8-10-13(12)17/h6-10,14H,2,5,11H2,1,3-4H3,(H,18,19). The lowest BCUT2D eigenvalue weighted by atomic mass is 9.74. The molecule has 0 saturated carbocycles. The molecule has 1 aromatic carbocycles. The Morgan fingerprint density at radius 1 is 1.47 bits per heavy atom. The molecule has 0 bridgehead atoms. The molecule has 19 heavy (non-hydrogen) atoms. The van der Waals surface area contributed by atoms with E-state index in [2.05, 4.69) is 27.8 Å². The molecule has 0 aliphatic carbocycles. The first kappa shape index (κ1) is 16.0. The molecule has 1 unspecified atom stereocenters. The Hall–Kier alpha value is -1.09. The van der Waals surface area contributed by atoms with Crippen LogP contribution in [0.25, 0.3) is 0 Å². The van der Waals surface area contributed by atoms with Crippen LogP contribution in [0.1, 0.15) is 38.7 Å². The first-order chi connectivity index (χ1) is 8.94. The number of halogens is 1. The topological polar surface area (TPSA) is 29.1 Å². The van der Waals surface area contributed by atoms with Crippen LogP contribution in [-0.2, 0) is 4.79 Å². The molecule has 1 atom stereocenters. The number of nitrogens with one attached hydrogen (secondary N) is 1. The van der Waals surface area contributed by atoms with E-state index in [9.17, 15) is 4.79 Å². The van der Waals surface area contributed by atoms with Crippen LogP contribution in [-0.4, -0.2) is 12.5 Å². The molecular weight excluding hydrogens is 302 g/mol. The summed E-state index contributed by atoms with van der Waals surface area (Å²) in [6.45, 7) is 10.7. The highest BCUT2D eigenvalue weighted by atomic mass is 79.9. The average Bonchev–Trinajstić information content (AvgIpc) is 2.38. The van der Waals surface area contributed by atoms with Gasteiger partial charge in [-0.1, -0.05) is 61.0 Å². The van der Waals surface area contributed by atoms with Gasteiger partial charge < -0.3 is 5.32 Å². The van der Waals surface area contributed by atoms with E-state index in [0.717, 1.165) is 16.5 Å². The third kappa shape index (κ3) is 3.93. The second-order valence-corrected chi connectivity index (χ2v) is 6.13. The summed E-state index contributed by atoms with van der Waals surface area (Å²) in [7, 11) is 0. The average molecular weight is 324 g/mol. The fourth-order valence-electron chi connectivity index (χ4n) is 2.06. The summed E-state index contributed by atoms with van der Waals surface area (Å²) >= 11 is 3.54. The van der Waals surface area contributed by atoms with Gasteiger partial charge in [-0.15, -0.1) is 6.58 Å². The van der Waals surface area contributed by atoms with E-state index < -0.39 is 0 Å². The number of hydrogen-bond acceptors (Lipinski definition) is 1. The van der Waals surface area contributed by atoms with Crippen molar-refractivity contribution in [3.8, 4) is 0 Å². The second kappa shape index (κ2) is 6.90. The predicted octanol–water partition coefficient (Wildman–Crippen LogP) is 4.27. The quantitative estimate of drug-likeness (QED) is 0.778. The maximum Gasteiger partial charge on any atom is 0.228 e. The number of amides is 1. The second-order valence-electron chi connectivity index (χ2n) is 5.27. The van der Waals surface area contributed by atoms with Crippen molar-refractivity contribution in [1.82, 2.24) is 5.32 Å². The minimum Gasteiger partial charge on any atom is -0.356 e. The molecule has 0 heterocycles. The lowest BCUT2D eigenvalue weighted by molar-refractivity contribution is -0.124. The van der Waals surface area contributed by atoms with Gasteiger partial charge in [0.15, 0.2) is 0 Å². The van der Waals surface area contributed by atoms with E-state index in [-0.39, 0.29) is 17.2 Å². The SMILES string of the molecule is C=CC(C)(C)C(C(=O)NCCC)c1ccccc1Br. The maximum absolute atomic E-state index is 12.5. The molecule has 0 aliphatic heterocycles. The van der Waals surface area contributed by atoms with Crippen molar-refractivity contribution in [2.24, 2.45) is 5.41 Å². The van der Waals surface area contributed by atoms with E-state index >= 15 is 0 Å². The first-order valence-corrected chi connectivity index (χ1v) is 7.39. The van der Waals surface area contributed by atoms with Crippen LogP contribution >= 0.6 is 15.9 Å². The van der Waals surface area contributed by atoms with Gasteiger partial charge in [0.05, 0.1) is 5.92 Å². The fourth-order valence-corrected chi connectivity index (χ4v) is 2.57. The summed E-state index contributed by atoms with van der Waals surface area (Å²) in [6.07, 6.45) is 2.78. The Balaban J connectivity index is 3.17. The van der Waals surface area contributed by atoms with Crippen LogP contribution < -0.4 is 5.32 Å². The summed E-state index contributed by atoms with van der Waals surface area (Å²) < 4.78 is 0.960. The molecule has 0 aliphatic rings. The summed E-state index contributed by atoms with van der Waals surface area (Å²) in [5.74, 6) is -0.189. The Kier molecular flexibility index (Phi) is 5.80. The van der Waals surface area contributed by atoms with Crippen LogP contribution in [0.4, 0.5) is 0 Å². The Bertz CT molecular complexity index is 454. The molecule has 0 aromatic heterocycles. The summed E-state index contributed by atoms with van der Waals surface area (Å²) in [6, 6.07) is 7.87. The molecule has 3 heteroatoms. The third-order valence-electron chi connectivity index (χ3n) is 3.30. The number of hydrogen-bond donors (Lipinski definition) is 1. The van der Waals surface area contributed by atoms with E-state index in [0.29, 0.717) is 6.54 Å². The zero-order valence-corrected chi connectivity index (χ0v) is 13.5. The molecule has 0 saturated heterocycles.